The Kier molecular flexibility index (Phi) is 6.15. The van der Waals surface area contributed by atoms with E-state index in [0.29, 0.717) is 22.4 Å². The molecule has 0 N–H and O–H groups in total. The maximum absolute atomic E-state index is 13.1. The zero-order chi connectivity index (χ0) is 20.9. The Bertz CT molecular complexity index is 1080. The van der Waals surface area contributed by atoms with E-state index in [-0.39, 0.29) is 5.91 Å². The van der Waals surface area contributed by atoms with E-state index in [1.165, 1.54) is 11.8 Å². The number of hydrogen-bond acceptors (Lipinski definition) is 7. The molecule has 1 aromatic carbocycles. The average molecular weight is 437 g/mol. The molecule has 0 aliphatic carbocycles. The van der Waals surface area contributed by atoms with Gasteiger partial charge in [-0.3, -0.25) is 9.69 Å². The molecule has 8 heteroatoms. The summed E-state index contributed by atoms with van der Waals surface area (Å²) >= 11 is 2.90. The van der Waals surface area contributed by atoms with Gasteiger partial charge >= 0.3 is 0 Å². The first-order chi connectivity index (χ1) is 14.6. The Balaban J connectivity index is 1.60. The summed E-state index contributed by atoms with van der Waals surface area (Å²) in [7, 11) is 3.99. The number of rotatable bonds is 6. The maximum atomic E-state index is 13.1. The van der Waals surface area contributed by atoms with E-state index in [9.17, 15) is 4.79 Å². The third kappa shape index (κ3) is 4.72. The average Bonchev–Trinajstić information content (AvgIpc) is 3.49. The predicted molar refractivity (Wildman–Crippen MR) is 125 cm³/mol. The molecular formula is C22H20N4O2S2. The van der Waals surface area contributed by atoms with Gasteiger partial charge in [-0.05, 0) is 59.1 Å². The second kappa shape index (κ2) is 9.15. The van der Waals surface area contributed by atoms with E-state index >= 15 is 0 Å². The molecule has 3 aromatic rings. The Morgan fingerprint density at radius 3 is 2.63 bits per heavy atom. The molecule has 0 saturated carbocycles. The molecule has 152 valence electrons. The summed E-state index contributed by atoms with van der Waals surface area (Å²) in [4.78, 5) is 18.3. The molecule has 0 bridgehead atoms. The van der Waals surface area contributed by atoms with Crippen LogP contribution in [0.25, 0.3) is 6.08 Å². The number of thiophene rings is 1. The van der Waals surface area contributed by atoms with Crippen LogP contribution in [0.4, 0.5) is 5.69 Å². The van der Waals surface area contributed by atoms with Crippen LogP contribution in [0.2, 0.25) is 0 Å². The van der Waals surface area contributed by atoms with Gasteiger partial charge in [0.05, 0.1) is 23.9 Å². The molecule has 1 aliphatic rings. The van der Waals surface area contributed by atoms with Crippen molar-refractivity contribution in [1.29, 1.82) is 0 Å². The van der Waals surface area contributed by atoms with E-state index in [2.05, 4.69) is 10.2 Å². The van der Waals surface area contributed by atoms with Crippen LogP contribution in [0.1, 0.15) is 16.2 Å². The van der Waals surface area contributed by atoms with Gasteiger partial charge in [0.15, 0.2) is 5.17 Å². The number of anilines is 1. The highest BCUT2D eigenvalue weighted by Gasteiger charge is 2.34. The van der Waals surface area contributed by atoms with Crippen molar-refractivity contribution in [2.24, 2.45) is 10.2 Å². The Morgan fingerprint density at radius 2 is 1.97 bits per heavy atom. The lowest BCUT2D eigenvalue weighted by molar-refractivity contribution is -0.122. The number of amidine groups is 1. The van der Waals surface area contributed by atoms with Gasteiger partial charge in [0.2, 0.25) is 0 Å². The van der Waals surface area contributed by atoms with Crippen molar-refractivity contribution in [3.05, 3.63) is 81.3 Å². The molecule has 1 amide bonds. The molecule has 2 aromatic heterocycles. The molecule has 6 nitrogen and oxygen atoms in total. The minimum absolute atomic E-state index is 0.113. The largest absolute Gasteiger partial charge is 0.467 e. The number of amides is 1. The minimum Gasteiger partial charge on any atom is -0.467 e. The maximum Gasteiger partial charge on any atom is 0.267 e. The molecule has 1 saturated heterocycles. The topological polar surface area (TPSA) is 61.4 Å². The Labute approximate surface area is 183 Å². The summed E-state index contributed by atoms with van der Waals surface area (Å²) in [6.07, 6.45) is 5.17. The van der Waals surface area contributed by atoms with E-state index < -0.39 is 0 Å². The summed E-state index contributed by atoms with van der Waals surface area (Å²) in [5, 5.41) is 11.0. The SMILES string of the molecule is CN(C)c1ccc(/C=C2\S/C(=N/N=C\c3cccs3)N(Cc3ccco3)C2=O)cc1. The smallest absolute Gasteiger partial charge is 0.267 e. The normalized spacial score (nSPS) is 17.0. The van der Waals surface area contributed by atoms with Crippen molar-refractivity contribution in [3.63, 3.8) is 0 Å². The van der Waals surface area contributed by atoms with E-state index in [4.69, 9.17) is 4.42 Å². The first kappa shape index (κ1) is 20.2. The van der Waals surface area contributed by atoms with Crippen LogP contribution in [0.5, 0.6) is 0 Å². The fourth-order valence-electron chi connectivity index (χ4n) is 2.80. The lowest BCUT2D eigenvalue weighted by Gasteiger charge is -2.12. The number of thioether (sulfide) groups is 1. The summed E-state index contributed by atoms with van der Waals surface area (Å²) in [5.74, 6) is 0.577. The van der Waals surface area contributed by atoms with Crippen LogP contribution in [0.15, 0.2) is 79.7 Å². The fourth-order valence-corrected chi connectivity index (χ4v) is 4.31. The lowest BCUT2D eigenvalue weighted by Crippen LogP contribution is -2.28. The van der Waals surface area contributed by atoms with Gasteiger partial charge in [-0.2, -0.15) is 5.10 Å². The molecule has 0 radical (unpaired) electrons. The molecule has 3 heterocycles. The summed E-state index contributed by atoms with van der Waals surface area (Å²) in [6.45, 7) is 0.309. The summed E-state index contributed by atoms with van der Waals surface area (Å²) in [5.41, 5.74) is 2.06. The highest BCUT2D eigenvalue weighted by molar-refractivity contribution is 8.18. The van der Waals surface area contributed by atoms with Crippen LogP contribution < -0.4 is 4.90 Å². The third-order valence-corrected chi connectivity index (χ3v) is 6.16. The standard InChI is InChI=1S/C22H20N4O2S2/c1-25(2)17-9-7-16(8-10-17)13-20-21(27)26(15-18-5-3-11-28-18)22(30-20)24-23-14-19-6-4-12-29-19/h3-14H,15H2,1-2H3/b20-13-,23-14-,24-22+. The molecule has 0 unspecified atom stereocenters. The van der Waals surface area contributed by atoms with Crippen LogP contribution >= 0.6 is 23.1 Å². The number of furan rings is 1. The monoisotopic (exact) mass is 436 g/mol. The Morgan fingerprint density at radius 1 is 1.13 bits per heavy atom. The molecule has 4 rings (SSSR count). The van der Waals surface area contributed by atoms with Gasteiger partial charge in [-0.15, -0.1) is 16.4 Å². The quantitative estimate of drug-likeness (QED) is 0.313. The first-order valence-corrected chi connectivity index (χ1v) is 11.0. The predicted octanol–water partition coefficient (Wildman–Crippen LogP) is 4.91. The van der Waals surface area contributed by atoms with E-state index in [0.717, 1.165) is 16.1 Å². The van der Waals surface area contributed by atoms with Crippen LogP contribution in [0.3, 0.4) is 0 Å². The number of carbonyl (C=O) groups is 1. The van der Waals surface area contributed by atoms with Gasteiger partial charge in [-0.1, -0.05) is 18.2 Å². The van der Waals surface area contributed by atoms with Crippen molar-refractivity contribution < 1.29 is 9.21 Å². The van der Waals surface area contributed by atoms with Gasteiger partial charge in [-0.25, -0.2) is 0 Å². The lowest BCUT2D eigenvalue weighted by atomic mass is 10.2. The van der Waals surface area contributed by atoms with Crippen LogP contribution in [-0.2, 0) is 11.3 Å². The zero-order valence-corrected chi connectivity index (χ0v) is 18.2. The fraction of sp³-hybridized carbons (Fsp3) is 0.136. The van der Waals surface area contributed by atoms with Gasteiger partial charge < -0.3 is 9.32 Å². The van der Waals surface area contributed by atoms with Crippen LogP contribution in [-0.4, -0.2) is 36.3 Å². The van der Waals surface area contributed by atoms with Crippen molar-refractivity contribution >= 4 is 52.2 Å². The zero-order valence-electron chi connectivity index (χ0n) is 16.6. The molecule has 0 spiro atoms. The van der Waals surface area contributed by atoms with Crippen molar-refractivity contribution in [3.8, 4) is 0 Å². The third-order valence-electron chi connectivity index (χ3n) is 4.36. The van der Waals surface area contributed by atoms with Crippen molar-refractivity contribution in [2.75, 3.05) is 19.0 Å². The van der Waals surface area contributed by atoms with Gasteiger partial charge in [0.25, 0.3) is 5.91 Å². The van der Waals surface area contributed by atoms with Crippen molar-refractivity contribution in [1.82, 2.24) is 4.90 Å². The van der Waals surface area contributed by atoms with E-state index in [1.807, 2.05) is 72.9 Å². The number of hydrogen-bond donors (Lipinski definition) is 0. The second-order valence-corrected chi connectivity index (χ2v) is 8.70. The molecule has 1 aliphatic heterocycles. The highest BCUT2D eigenvalue weighted by atomic mass is 32.2. The minimum atomic E-state index is -0.113. The van der Waals surface area contributed by atoms with Crippen LogP contribution in [0, 0.1) is 0 Å². The first-order valence-electron chi connectivity index (χ1n) is 9.26. The number of carbonyl (C=O) groups excluding carboxylic acids is 1. The second-order valence-electron chi connectivity index (χ2n) is 6.71. The summed E-state index contributed by atoms with van der Waals surface area (Å²) in [6, 6.07) is 15.6. The number of benzene rings is 1. The Hall–Kier alpha value is -3.10. The molecule has 0 atom stereocenters. The van der Waals surface area contributed by atoms with Crippen molar-refractivity contribution in [2.45, 2.75) is 6.54 Å². The van der Waals surface area contributed by atoms with Gasteiger partial charge in [0.1, 0.15) is 5.76 Å². The summed E-state index contributed by atoms with van der Waals surface area (Å²) < 4.78 is 5.43. The molecule has 30 heavy (non-hydrogen) atoms. The molecule has 1 fully saturated rings. The highest BCUT2D eigenvalue weighted by Crippen LogP contribution is 2.34. The van der Waals surface area contributed by atoms with Gasteiger partial charge in [0, 0.05) is 24.7 Å². The van der Waals surface area contributed by atoms with E-state index in [1.54, 1.807) is 34.8 Å². The molecular weight excluding hydrogens is 416 g/mol. The number of nitrogens with zero attached hydrogens (tertiary/aromatic N) is 4.